The Labute approximate surface area is 235 Å². The molecular weight excluding hydrogens is 532 g/mol. The molecule has 0 saturated heterocycles. The summed E-state index contributed by atoms with van der Waals surface area (Å²) < 4.78 is 40.9. The first kappa shape index (κ1) is 29.3. The number of nitrogens with one attached hydrogen (secondary N) is 1. The lowest BCUT2D eigenvalue weighted by molar-refractivity contribution is 0.0344. The Morgan fingerprint density at radius 2 is 1.88 bits per heavy atom. The summed E-state index contributed by atoms with van der Waals surface area (Å²) in [7, 11) is -0.522. The van der Waals surface area contributed by atoms with Crippen LogP contribution in [-0.2, 0) is 16.6 Å². The van der Waals surface area contributed by atoms with Crippen LogP contribution in [0.1, 0.15) is 29.8 Å². The molecule has 3 atom stereocenters. The van der Waals surface area contributed by atoms with Gasteiger partial charge in [-0.1, -0.05) is 13.0 Å². The van der Waals surface area contributed by atoms with E-state index in [2.05, 4.69) is 14.6 Å². The number of aliphatic hydroxyl groups is 1. The van der Waals surface area contributed by atoms with Crippen molar-refractivity contribution in [1.29, 1.82) is 0 Å². The molecule has 1 aromatic heterocycles. The molecule has 2 N–H and O–H groups in total. The van der Waals surface area contributed by atoms with Crippen LogP contribution in [0.15, 0.2) is 71.9 Å². The Hall–Kier alpha value is -3.67. The number of aromatic nitrogens is 1. The van der Waals surface area contributed by atoms with E-state index in [1.54, 1.807) is 54.5 Å². The number of amides is 1. The zero-order valence-corrected chi connectivity index (χ0v) is 24.0. The largest absolute Gasteiger partial charge is 0.497 e. The third-order valence-corrected chi connectivity index (χ3v) is 8.38. The highest BCUT2D eigenvalue weighted by atomic mass is 32.2. The van der Waals surface area contributed by atoms with Gasteiger partial charge in [-0.2, -0.15) is 0 Å². The van der Waals surface area contributed by atoms with Crippen LogP contribution in [0.3, 0.4) is 0 Å². The maximum Gasteiger partial charge on any atom is 0.262 e. The number of aliphatic hydroxyl groups excluding tert-OH is 1. The average Bonchev–Trinajstić information content (AvgIpc) is 2.95. The van der Waals surface area contributed by atoms with E-state index >= 15 is 0 Å². The SMILES string of the molecule is COc1ccc(S(=O)(=O)Nc2cccc3c2O[C@H](CN(C)Cc2ccncc2)[C@@H](C)CN([C@@H](C)CO)C3=O)cc1. The fraction of sp³-hybridized carbons (Fsp3) is 0.379. The molecule has 1 amide bonds. The van der Waals surface area contributed by atoms with E-state index in [9.17, 15) is 18.3 Å². The van der Waals surface area contributed by atoms with Crippen LogP contribution in [0.5, 0.6) is 11.5 Å². The highest BCUT2D eigenvalue weighted by Crippen LogP contribution is 2.36. The summed E-state index contributed by atoms with van der Waals surface area (Å²) >= 11 is 0. The number of methoxy groups -OCH3 is 1. The number of ether oxygens (including phenoxy) is 2. The maximum atomic E-state index is 13.7. The Bertz CT molecular complexity index is 1400. The highest BCUT2D eigenvalue weighted by Gasteiger charge is 2.35. The first-order chi connectivity index (χ1) is 19.1. The van der Waals surface area contributed by atoms with Crippen molar-refractivity contribution >= 4 is 21.6 Å². The molecule has 10 nitrogen and oxygen atoms in total. The summed E-state index contributed by atoms with van der Waals surface area (Å²) in [5.41, 5.74) is 1.48. The topological polar surface area (TPSA) is 121 Å². The maximum absolute atomic E-state index is 13.7. The van der Waals surface area contributed by atoms with Crippen molar-refractivity contribution in [3.05, 3.63) is 78.1 Å². The minimum absolute atomic E-state index is 0.0422. The van der Waals surface area contributed by atoms with Gasteiger partial charge in [-0.25, -0.2) is 8.42 Å². The summed E-state index contributed by atoms with van der Waals surface area (Å²) in [6.45, 7) is 5.11. The lowest BCUT2D eigenvalue weighted by atomic mass is 9.99. The van der Waals surface area contributed by atoms with Gasteiger partial charge in [0, 0.05) is 37.9 Å². The second-order valence-electron chi connectivity index (χ2n) is 10.1. The highest BCUT2D eigenvalue weighted by molar-refractivity contribution is 7.92. The van der Waals surface area contributed by atoms with Gasteiger partial charge in [-0.15, -0.1) is 0 Å². The number of hydrogen-bond acceptors (Lipinski definition) is 8. The molecule has 40 heavy (non-hydrogen) atoms. The molecule has 0 radical (unpaired) electrons. The molecular formula is C29H36N4O6S. The first-order valence-corrected chi connectivity index (χ1v) is 14.6. The van der Waals surface area contributed by atoms with Crippen LogP contribution >= 0.6 is 0 Å². The molecule has 1 aliphatic heterocycles. The number of para-hydroxylation sites is 1. The van der Waals surface area contributed by atoms with Crippen molar-refractivity contribution in [1.82, 2.24) is 14.8 Å². The van der Waals surface area contributed by atoms with Gasteiger partial charge in [-0.05, 0) is 68.1 Å². The summed E-state index contributed by atoms with van der Waals surface area (Å²) in [5.74, 6) is 0.229. The Morgan fingerprint density at radius 3 is 2.52 bits per heavy atom. The minimum Gasteiger partial charge on any atom is -0.497 e. The first-order valence-electron chi connectivity index (χ1n) is 13.1. The van der Waals surface area contributed by atoms with Crippen molar-refractivity contribution in [2.24, 2.45) is 5.92 Å². The predicted molar refractivity (Wildman–Crippen MR) is 152 cm³/mol. The van der Waals surface area contributed by atoms with Gasteiger partial charge < -0.3 is 19.5 Å². The molecule has 3 aromatic rings. The van der Waals surface area contributed by atoms with Crippen molar-refractivity contribution in [3.63, 3.8) is 0 Å². The smallest absolute Gasteiger partial charge is 0.262 e. The molecule has 0 unspecified atom stereocenters. The third-order valence-electron chi connectivity index (χ3n) is 7.00. The number of carbonyl (C=O) groups is 1. The molecule has 0 aliphatic carbocycles. The molecule has 0 spiro atoms. The Balaban J connectivity index is 1.70. The van der Waals surface area contributed by atoms with Gasteiger partial charge >= 0.3 is 0 Å². The fourth-order valence-electron chi connectivity index (χ4n) is 4.67. The number of nitrogens with zero attached hydrogens (tertiary/aromatic N) is 3. The van der Waals surface area contributed by atoms with Gasteiger partial charge in [0.1, 0.15) is 11.9 Å². The molecule has 214 valence electrons. The number of rotatable bonds is 10. The van der Waals surface area contributed by atoms with Crippen LogP contribution in [0, 0.1) is 5.92 Å². The summed E-state index contributed by atoms with van der Waals surface area (Å²) in [6.07, 6.45) is 3.10. The Kier molecular flexibility index (Phi) is 9.28. The van der Waals surface area contributed by atoms with E-state index in [4.69, 9.17) is 9.47 Å². The van der Waals surface area contributed by atoms with Crippen LogP contribution in [0.4, 0.5) is 5.69 Å². The second-order valence-corrected chi connectivity index (χ2v) is 11.8. The van der Waals surface area contributed by atoms with E-state index in [1.807, 2.05) is 26.1 Å². The number of sulfonamides is 1. The number of carbonyl (C=O) groups excluding carboxylic acids is 1. The number of fused-ring (bicyclic) bond motifs is 1. The van der Waals surface area contributed by atoms with E-state index in [0.29, 0.717) is 25.4 Å². The standard InChI is InChI=1S/C29H36N4O6S/c1-20-16-33(21(2)19-34)29(35)25-6-5-7-26(31-40(36,37)24-10-8-23(38-4)9-11-24)28(25)39-27(20)18-32(3)17-22-12-14-30-15-13-22/h5-15,20-21,27,31,34H,16-19H2,1-4H3/t20-,21-,27+/m0/s1. The average molecular weight is 569 g/mol. The van der Waals surface area contributed by atoms with E-state index < -0.39 is 22.2 Å². The predicted octanol–water partition coefficient (Wildman–Crippen LogP) is 3.24. The molecule has 11 heteroatoms. The van der Waals surface area contributed by atoms with Crippen LogP contribution < -0.4 is 14.2 Å². The quantitative estimate of drug-likeness (QED) is 0.382. The minimum atomic E-state index is -4.01. The molecule has 2 aromatic carbocycles. The van der Waals surface area contributed by atoms with Crippen molar-refractivity contribution in [2.45, 2.75) is 37.4 Å². The van der Waals surface area contributed by atoms with E-state index in [1.165, 1.54) is 19.2 Å². The lowest BCUT2D eigenvalue weighted by Gasteiger charge is -2.38. The number of hydrogen-bond donors (Lipinski definition) is 2. The van der Waals surface area contributed by atoms with Gasteiger partial charge in [0.15, 0.2) is 5.75 Å². The lowest BCUT2D eigenvalue weighted by Crippen LogP contribution is -2.49. The number of anilines is 1. The van der Waals surface area contributed by atoms with E-state index in [-0.39, 0.29) is 40.3 Å². The monoisotopic (exact) mass is 568 g/mol. The summed E-state index contributed by atoms with van der Waals surface area (Å²) in [4.78, 5) is 21.6. The van der Waals surface area contributed by atoms with Gasteiger partial charge in [0.2, 0.25) is 0 Å². The molecule has 2 heterocycles. The molecule has 0 bridgehead atoms. The van der Waals surface area contributed by atoms with Crippen LogP contribution in [-0.4, -0.2) is 80.2 Å². The molecule has 1 aliphatic rings. The number of benzene rings is 2. The van der Waals surface area contributed by atoms with E-state index in [0.717, 1.165) is 5.56 Å². The zero-order valence-electron chi connectivity index (χ0n) is 23.1. The van der Waals surface area contributed by atoms with Crippen molar-refractivity contribution in [2.75, 3.05) is 38.6 Å². The number of likely N-dealkylation sites (N-methyl/N-ethyl adjacent to an activating group) is 1. The molecule has 0 fully saturated rings. The summed E-state index contributed by atoms with van der Waals surface area (Å²) in [5, 5.41) is 9.91. The van der Waals surface area contributed by atoms with Crippen molar-refractivity contribution in [3.8, 4) is 11.5 Å². The zero-order chi connectivity index (χ0) is 28.9. The van der Waals surface area contributed by atoms with Crippen molar-refractivity contribution < 1.29 is 27.8 Å². The molecule has 0 saturated carbocycles. The van der Waals surface area contributed by atoms with Crippen LogP contribution in [0.25, 0.3) is 0 Å². The fourth-order valence-corrected chi connectivity index (χ4v) is 5.73. The Morgan fingerprint density at radius 1 is 1.18 bits per heavy atom. The number of pyridine rings is 1. The third kappa shape index (κ3) is 6.72. The van der Waals surface area contributed by atoms with Gasteiger partial charge in [-0.3, -0.25) is 19.4 Å². The summed E-state index contributed by atoms with van der Waals surface area (Å²) in [6, 6.07) is 14.3. The normalized spacial score (nSPS) is 18.4. The molecule has 4 rings (SSSR count). The van der Waals surface area contributed by atoms with Crippen LogP contribution in [0.2, 0.25) is 0 Å². The second kappa shape index (κ2) is 12.7. The van der Waals surface area contributed by atoms with Gasteiger partial charge in [0.05, 0.1) is 35.9 Å². The van der Waals surface area contributed by atoms with Gasteiger partial charge in [0.25, 0.3) is 15.9 Å².